The number of unbranched alkanes of at least 4 members (excludes halogenated alkanes) is 41. The second-order valence-electron chi connectivity index (χ2n) is 21.4. The fourth-order valence-electron chi connectivity index (χ4n) is 9.61. The minimum Gasteiger partial charge on any atom is -0.466 e. The van der Waals surface area contributed by atoms with Gasteiger partial charge < -0.3 is 20.3 Å². The lowest BCUT2D eigenvalue weighted by molar-refractivity contribution is -0.143. The van der Waals surface area contributed by atoms with E-state index in [1.807, 2.05) is 0 Å². The first-order valence-electron chi connectivity index (χ1n) is 31.2. The number of nitrogens with one attached hydrogen (secondary N) is 1. The van der Waals surface area contributed by atoms with Crippen LogP contribution in [0.4, 0.5) is 0 Å². The van der Waals surface area contributed by atoms with Crippen molar-refractivity contribution in [2.75, 3.05) is 13.2 Å². The average molecular weight is 985 g/mol. The van der Waals surface area contributed by atoms with Gasteiger partial charge in [-0.25, -0.2) is 0 Å². The van der Waals surface area contributed by atoms with Crippen LogP contribution in [0.3, 0.4) is 0 Å². The second-order valence-corrected chi connectivity index (χ2v) is 21.4. The number of carbonyl (C=O) groups is 2. The Hall–Kier alpha value is -1.92. The predicted octanol–water partition coefficient (Wildman–Crippen LogP) is 19.6. The Morgan fingerprint density at radius 1 is 0.400 bits per heavy atom. The quantitative estimate of drug-likeness (QED) is 0.0321. The van der Waals surface area contributed by atoms with Crippen LogP contribution in [0.25, 0.3) is 0 Å². The van der Waals surface area contributed by atoms with Gasteiger partial charge in [0.1, 0.15) is 0 Å². The van der Waals surface area contributed by atoms with Crippen LogP contribution in [-0.2, 0) is 14.3 Å². The molecule has 0 saturated carbocycles. The minimum absolute atomic E-state index is 0.00524. The molecule has 0 aliphatic carbocycles. The Labute approximate surface area is 436 Å². The summed E-state index contributed by atoms with van der Waals surface area (Å²) in [6.07, 6.45) is 74.3. The van der Waals surface area contributed by atoms with E-state index in [4.69, 9.17) is 4.74 Å². The number of hydrogen-bond donors (Lipinski definition) is 3. The van der Waals surface area contributed by atoms with Gasteiger partial charge in [-0.15, -0.1) is 0 Å². The van der Waals surface area contributed by atoms with Gasteiger partial charge in [0.15, 0.2) is 0 Å². The predicted molar refractivity (Wildman–Crippen MR) is 306 cm³/mol. The lowest BCUT2D eigenvalue weighted by Gasteiger charge is -2.22. The number of rotatable bonds is 58. The van der Waals surface area contributed by atoms with E-state index in [1.54, 1.807) is 0 Å². The smallest absolute Gasteiger partial charge is 0.305 e. The summed E-state index contributed by atoms with van der Waals surface area (Å²) in [4.78, 5) is 24.6. The van der Waals surface area contributed by atoms with E-state index in [0.29, 0.717) is 25.9 Å². The lowest BCUT2D eigenvalue weighted by Crippen LogP contribution is -2.45. The minimum atomic E-state index is -0.673. The number of aliphatic hydroxyl groups excluding tert-OH is 2. The maximum absolute atomic E-state index is 12.5. The highest BCUT2D eigenvalue weighted by atomic mass is 16.5. The van der Waals surface area contributed by atoms with Crippen molar-refractivity contribution in [3.8, 4) is 0 Å². The van der Waals surface area contributed by atoms with Gasteiger partial charge in [0.05, 0.1) is 25.4 Å². The van der Waals surface area contributed by atoms with Gasteiger partial charge in [0.2, 0.25) is 5.91 Å². The summed E-state index contributed by atoms with van der Waals surface area (Å²) in [7, 11) is 0. The molecule has 0 saturated heterocycles. The van der Waals surface area contributed by atoms with Crippen LogP contribution in [0, 0.1) is 0 Å². The average Bonchev–Trinajstić information content (AvgIpc) is 3.36. The fraction of sp³-hybridized carbons (Fsp3) is 0.875. The summed E-state index contributed by atoms with van der Waals surface area (Å²) in [5, 5.41) is 23.3. The van der Waals surface area contributed by atoms with Crippen LogP contribution in [0.2, 0.25) is 0 Å². The fourth-order valence-corrected chi connectivity index (χ4v) is 9.61. The van der Waals surface area contributed by atoms with E-state index in [0.717, 1.165) is 64.2 Å². The van der Waals surface area contributed by atoms with Gasteiger partial charge in [-0.1, -0.05) is 275 Å². The zero-order chi connectivity index (χ0) is 50.7. The Balaban J connectivity index is 3.44. The van der Waals surface area contributed by atoms with Crippen molar-refractivity contribution in [1.82, 2.24) is 5.32 Å². The van der Waals surface area contributed by atoms with Gasteiger partial charge in [-0.2, -0.15) is 0 Å². The standard InChI is InChI=1S/C64H121NO5/c1-3-5-7-9-11-13-15-17-19-21-22-26-30-34-38-42-46-50-54-58-64(69)70-59-55-51-47-43-39-35-31-27-23-25-29-33-37-41-45-49-53-57-63(68)65-61(60-66)62(67)56-52-48-44-40-36-32-28-24-20-18-16-14-12-10-8-6-4-2/h11,13,17,19,23,27,61-62,66-67H,3-10,12,14-16,18,20-22,24-26,28-60H2,1-2H3,(H,65,68)/b13-11-,19-17-,27-23-. The van der Waals surface area contributed by atoms with E-state index in [1.165, 1.54) is 238 Å². The number of allylic oxidation sites excluding steroid dienone is 6. The van der Waals surface area contributed by atoms with Crippen molar-refractivity contribution in [2.45, 2.75) is 347 Å². The molecule has 0 aromatic heterocycles. The third-order valence-electron chi connectivity index (χ3n) is 14.4. The van der Waals surface area contributed by atoms with Crippen molar-refractivity contribution in [3.63, 3.8) is 0 Å². The molecule has 0 aromatic carbocycles. The van der Waals surface area contributed by atoms with Crippen LogP contribution >= 0.6 is 0 Å². The Kier molecular flexibility index (Phi) is 58.0. The molecule has 1 amide bonds. The van der Waals surface area contributed by atoms with Crippen LogP contribution < -0.4 is 5.32 Å². The van der Waals surface area contributed by atoms with Gasteiger partial charge in [0.25, 0.3) is 0 Å². The van der Waals surface area contributed by atoms with Crippen molar-refractivity contribution in [3.05, 3.63) is 36.5 Å². The zero-order valence-electron chi connectivity index (χ0n) is 47.0. The molecular weight excluding hydrogens is 863 g/mol. The van der Waals surface area contributed by atoms with Crippen molar-refractivity contribution >= 4 is 11.9 Å². The maximum Gasteiger partial charge on any atom is 0.305 e. The van der Waals surface area contributed by atoms with Crippen LogP contribution in [0.15, 0.2) is 36.5 Å². The number of carbonyl (C=O) groups excluding carboxylic acids is 2. The molecular formula is C64H121NO5. The molecule has 6 nitrogen and oxygen atoms in total. The van der Waals surface area contributed by atoms with Gasteiger partial charge in [0, 0.05) is 12.8 Å². The highest BCUT2D eigenvalue weighted by Crippen LogP contribution is 2.17. The topological polar surface area (TPSA) is 95.9 Å². The van der Waals surface area contributed by atoms with Gasteiger partial charge in [-0.3, -0.25) is 9.59 Å². The monoisotopic (exact) mass is 984 g/mol. The first-order chi connectivity index (χ1) is 34.5. The molecule has 0 aliphatic rings. The summed E-state index contributed by atoms with van der Waals surface area (Å²) in [5.74, 6) is -0.0505. The van der Waals surface area contributed by atoms with Crippen molar-refractivity contribution in [1.29, 1.82) is 0 Å². The summed E-state index contributed by atoms with van der Waals surface area (Å²) < 4.78 is 5.49. The molecule has 0 spiro atoms. The third-order valence-corrected chi connectivity index (χ3v) is 14.4. The molecule has 0 aliphatic heterocycles. The molecule has 0 bridgehead atoms. The van der Waals surface area contributed by atoms with Gasteiger partial charge >= 0.3 is 5.97 Å². The highest BCUT2D eigenvalue weighted by molar-refractivity contribution is 5.76. The molecule has 70 heavy (non-hydrogen) atoms. The molecule has 0 radical (unpaired) electrons. The van der Waals surface area contributed by atoms with E-state index >= 15 is 0 Å². The Morgan fingerprint density at radius 2 is 0.714 bits per heavy atom. The van der Waals surface area contributed by atoms with Crippen LogP contribution in [0.5, 0.6) is 0 Å². The van der Waals surface area contributed by atoms with Crippen molar-refractivity contribution < 1.29 is 24.5 Å². The number of hydrogen-bond acceptors (Lipinski definition) is 5. The molecule has 0 aromatic rings. The van der Waals surface area contributed by atoms with Gasteiger partial charge in [-0.05, 0) is 83.5 Å². The molecule has 412 valence electrons. The van der Waals surface area contributed by atoms with E-state index < -0.39 is 12.1 Å². The number of amides is 1. The summed E-state index contributed by atoms with van der Waals surface area (Å²) in [5.41, 5.74) is 0. The van der Waals surface area contributed by atoms with E-state index in [2.05, 4.69) is 55.6 Å². The number of esters is 1. The van der Waals surface area contributed by atoms with Crippen LogP contribution in [0.1, 0.15) is 335 Å². The summed E-state index contributed by atoms with van der Waals surface area (Å²) >= 11 is 0. The summed E-state index contributed by atoms with van der Waals surface area (Å²) in [6.45, 7) is 4.92. The summed E-state index contributed by atoms with van der Waals surface area (Å²) in [6, 6.07) is -0.551. The number of aliphatic hydroxyl groups is 2. The molecule has 2 atom stereocenters. The Morgan fingerprint density at radius 3 is 1.13 bits per heavy atom. The maximum atomic E-state index is 12.5. The normalized spacial score (nSPS) is 12.8. The first-order valence-corrected chi connectivity index (χ1v) is 31.2. The zero-order valence-corrected chi connectivity index (χ0v) is 47.0. The SMILES string of the molecule is CCCCC/C=C\C/C=C\CCCCCCCCCCCC(=O)OCCCCCCCC/C=C\CCCCCCCCCC(=O)NC(CO)C(O)CCCCCCCCCCCCCCCCCCC. The molecule has 2 unspecified atom stereocenters. The third kappa shape index (κ3) is 55.4. The van der Waals surface area contributed by atoms with Crippen molar-refractivity contribution in [2.24, 2.45) is 0 Å². The van der Waals surface area contributed by atoms with Crippen LogP contribution in [-0.4, -0.2) is 47.4 Å². The second kappa shape index (κ2) is 59.6. The lowest BCUT2D eigenvalue weighted by atomic mass is 10.0. The van der Waals surface area contributed by atoms with E-state index in [9.17, 15) is 19.8 Å². The molecule has 0 fully saturated rings. The highest BCUT2D eigenvalue weighted by Gasteiger charge is 2.20. The van der Waals surface area contributed by atoms with E-state index in [-0.39, 0.29) is 18.5 Å². The molecule has 0 rings (SSSR count). The Bertz CT molecular complexity index is 1130. The number of ether oxygens (including phenoxy) is 1. The molecule has 3 N–H and O–H groups in total. The molecule has 0 heterocycles. The first kappa shape index (κ1) is 68.1. The largest absolute Gasteiger partial charge is 0.466 e. The molecule has 6 heteroatoms.